The Bertz CT molecular complexity index is 1880. The van der Waals surface area contributed by atoms with Crippen LogP contribution in [0.3, 0.4) is 0 Å². The van der Waals surface area contributed by atoms with Crippen LogP contribution in [0.15, 0.2) is 97.1 Å². The zero-order valence-electron chi connectivity index (χ0n) is 24.1. The summed E-state index contributed by atoms with van der Waals surface area (Å²) in [6, 6.07) is 36.6. The minimum atomic E-state index is 0.124. The second-order valence-corrected chi connectivity index (χ2v) is 15.1. The highest BCUT2D eigenvalue weighted by Crippen LogP contribution is 2.54. The van der Waals surface area contributed by atoms with Gasteiger partial charge in [0.05, 0.1) is 0 Å². The molecule has 2 heterocycles. The van der Waals surface area contributed by atoms with Crippen molar-refractivity contribution in [3.05, 3.63) is 108 Å². The third-order valence-electron chi connectivity index (χ3n) is 8.22. The van der Waals surface area contributed by atoms with E-state index < -0.39 is 0 Å². The van der Waals surface area contributed by atoms with Crippen LogP contribution in [0.2, 0.25) is 0 Å². The van der Waals surface area contributed by atoms with E-state index in [2.05, 4.69) is 139 Å². The standard InChI is InChI=1S/C38H34S2/c1-37(2,3)25-19-15-23(16-20-25)31-33-27-11-7-9-13-29(27)40-36(33)32(24-17-21-26(22-18-24)38(4,5)6)34-28-12-8-10-14-30(28)39-35(31)34/h7-22H,1-6H3. The lowest BCUT2D eigenvalue weighted by molar-refractivity contribution is 0.590. The van der Waals surface area contributed by atoms with Crippen LogP contribution >= 0.6 is 22.7 Å². The van der Waals surface area contributed by atoms with E-state index in [1.165, 1.54) is 73.7 Å². The van der Waals surface area contributed by atoms with Crippen LogP contribution in [-0.2, 0) is 10.8 Å². The van der Waals surface area contributed by atoms with E-state index >= 15 is 0 Å². The number of benzene rings is 5. The molecule has 0 fully saturated rings. The van der Waals surface area contributed by atoms with Gasteiger partial charge in [0.15, 0.2) is 0 Å². The van der Waals surface area contributed by atoms with Crippen LogP contribution in [0, 0.1) is 0 Å². The minimum absolute atomic E-state index is 0.124. The van der Waals surface area contributed by atoms with Crippen LogP contribution in [0.4, 0.5) is 0 Å². The van der Waals surface area contributed by atoms with Gasteiger partial charge < -0.3 is 0 Å². The maximum absolute atomic E-state index is 2.35. The zero-order valence-corrected chi connectivity index (χ0v) is 25.7. The number of hydrogen-bond donors (Lipinski definition) is 0. The molecular formula is C38H34S2. The molecule has 0 radical (unpaired) electrons. The van der Waals surface area contributed by atoms with Crippen molar-refractivity contribution in [1.82, 2.24) is 0 Å². The second-order valence-electron chi connectivity index (χ2n) is 13.0. The molecule has 7 aromatic rings. The molecule has 0 saturated carbocycles. The molecule has 0 aliphatic carbocycles. The van der Waals surface area contributed by atoms with E-state index in [1.54, 1.807) is 0 Å². The fourth-order valence-electron chi connectivity index (χ4n) is 5.99. The zero-order chi connectivity index (χ0) is 27.8. The van der Waals surface area contributed by atoms with Gasteiger partial charge in [-0.3, -0.25) is 0 Å². The summed E-state index contributed by atoms with van der Waals surface area (Å²) < 4.78 is 5.46. The molecule has 2 heteroatoms. The quantitative estimate of drug-likeness (QED) is 0.199. The topological polar surface area (TPSA) is 0 Å². The van der Waals surface area contributed by atoms with Crippen molar-refractivity contribution in [2.75, 3.05) is 0 Å². The molecule has 7 rings (SSSR count). The summed E-state index contributed by atoms with van der Waals surface area (Å²) in [7, 11) is 0. The monoisotopic (exact) mass is 554 g/mol. The molecule has 40 heavy (non-hydrogen) atoms. The third kappa shape index (κ3) is 4.00. The lowest BCUT2D eigenvalue weighted by Gasteiger charge is -2.20. The molecule has 5 aromatic carbocycles. The number of thiophene rings is 2. The van der Waals surface area contributed by atoms with Gasteiger partial charge in [0.25, 0.3) is 0 Å². The first-order valence-corrected chi connectivity index (χ1v) is 15.7. The minimum Gasteiger partial charge on any atom is -0.134 e. The molecule has 0 unspecified atom stereocenters. The van der Waals surface area contributed by atoms with Crippen molar-refractivity contribution in [2.45, 2.75) is 52.4 Å². The molecule has 0 aliphatic rings. The van der Waals surface area contributed by atoms with E-state index in [0.29, 0.717) is 0 Å². The van der Waals surface area contributed by atoms with Gasteiger partial charge in [-0.05, 0) is 45.2 Å². The first-order chi connectivity index (χ1) is 19.1. The van der Waals surface area contributed by atoms with E-state index in [0.717, 1.165) is 0 Å². The molecule has 198 valence electrons. The Kier molecular flexibility index (Phi) is 5.75. The highest BCUT2D eigenvalue weighted by molar-refractivity contribution is 7.28. The largest absolute Gasteiger partial charge is 0.134 e. The van der Waals surface area contributed by atoms with E-state index in [-0.39, 0.29) is 10.8 Å². The highest BCUT2D eigenvalue weighted by Gasteiger charge is 2.25. The lowest BCUT2D eigenvalue weighted by Crippen LogP contribution is -2.10. The molecule has 0 amide bonds. The molecule has 0 bridgehead atoms. The number of rotatable bonds is 2. The van der Waals surface area contributed by atoms with Gasteiger partial charge >= 0.3 is 0 Å². The summed E-state index contributed by atoms with van der Waals surface area (Å²) in [4.78, 5) is 0. The van der Waals surface area contributed by atoms with Crippen molar-refractivity contribution in [3.63, 3.8) is 0 Å². The van der Waals surface area contributed by atoms with E-state index in [9.17, 15) is 0 Å². The number of hydrogen-bond acceptors (Lipinski definition) is 2. The number of fused-ring (bicyclic) bond motifs is 6. The Hall–Kier alpha value is -3.46. The lowest BCUT2D eigenvalue weighted by atomic mass is 9.84. The fraction of sp³-hybridized carbons (Fsp3) is 0.211. The maximum Gasteiger partial charge on any atom is 0.0447 e. The summed E-state index contributed by atoms with van der Waals surface area (Å²) in [5, 5.41) is 5.48. The van der Waals surface area contributed by atoms with Crippen molar-refractivity contribution < 1.29 is 0 Å². The van der Waals surface area contributed by atoms with Crippen LogP contribution in [-0.4, -0.2) is 0 Å². The van der Waals surface area contributed by atoms with Crippen LogP contribution < -0.4 is 0 Å². The molecule has 0 N–H and O–H groups in total. The average molecular weight is 555 g/mol. The first kappa shape index (κ1) is 25.5. The van der Waals surface area contributed by atoms with Crippen molar-refractivity contribution in [3.8, 4) is 22.3 Å². The molecular weight excluding hydrogens is 521 g/mol. The third-order valence-corrected chi connectivity index (χ3v) is 10.6. The van der Waals surface area contributed by atoms with Crippen LogP contribution in [0.5, 0.6) is 0 Å². The van der Waals surface area contributed by atoms with Gasteiger partial charge in [0.2, 0.25) is 0 Å². The smallest absolute Gasteiger partial charge is 0.0447 e. The molecule has 0 spiro atoms. The van der Waals surface area contributed by atoms with E-state index in [1.807, 2.05) is 22.7 Å². The van der Waals surface area contributed by atoms with Crippen LogP contribution in [0.25, 0.3) is 62.6 Å². The van der Waals surface area contributed by atoms with Crippen molar-refractivity contribution in [1.29, 1.82) is 0 Å². The molecule has 0 nitrogen and oxygen atoms in total. The Morgan fingerprint density at radius 1 is 0.425 bits per heavy atom. The fourth-order valence-corrected chi connectivity index (χ4v) is 8.56. The van der Waals surface area contributed by atoms with Crippen molar-refractivity contribution >= 4 is 63.0 Å². The summed E-state index contributed by atoms with van der Waals surface area (Å²) >= 11 is 3.88. The Labute approximate surface area is 244 Å². The predicted octanol–water partition coefficient (Wildman–Crippen LogP) is 12.4. The van der Waals surface area contributed by atoms with Gasteiger partial charge in [-0.25, -0.2) is 0 Å². The first-order valence-electron chi connectivity index (χ1n) is 14.1. The molecule has 0 saturated heterocycles. The Morgan fingerprint density at radius 3 is 1.12 bits per heavy atom. The summed E-state index contributed by atoms with van der Waals surface area (Å²) in [6.45, 7) is 13.7. The average Bonchev–Trinajstić information content (AvgIpc) is 3.50. The van der Waals surface area contributed by atoms with Gasteiger partial charge in [-0.2, -0.15) is 0 Å². The normalized spacial score (nSPS) is 12.8. The van der Waals surface area contributed by atoms with Gasteiger partial charge in [0, 0.05) is 51.5 Å². The summed E-state index contributed by atoms with van der Waals surface area (Å²) in [5.74, 6) is 0. The highest BCUT2D eigenvalue weighted by atomic mass is 32.1. The molecule has 0 atom stereocenters. The van der Waals surface area contributed by atoms with Gasteiger partial charge in [-0.15, -0.1) is 22.7 Å². The van der Waals surface area contributed by atoms with Gasteiger partial charge in [-0.1, -0.05) is 126 Å². The maximum atomic E-state index is 2.35. The Morgan fingerprint density at radius 2 is 0.775 bits per heavy atom. The second kappa shape index (κ2) is 9.03. The predicted molar refractivity (Wildman–Crippen MR) is 180 cm³/mol. The summed E-state index contributed by atoms with van der Waals surface area (Å²) in [6.07, 6.45) is 0. The van der Waals surface area contributed by atoms with E-state index in [4.69, 9.17) is 0 Å². The SMILES string of the molecule is CC(C)(C)c1ccc(-c2c3sc4ccccc4c3c(-c3ccc(C(C)(C)C)cc3)c3sc4ccccc4c23)cc1. The van der Waals surface area contributed by atoms with Gasteiger partial charge in [0.1, 0.15) is 0 Å². The Balaban J connectivity index is 1.66. The summed E-state index contributed by atoms with van der Waals surface area (Å²) in [5.41, 5.74) is 8.33. The molecule has 2 aromatic heterocycles. The van der Waals surface area contributed by atoms with Crippen molar-refractivity contribution in [2.24, 2.45) is 0 Å². The van der Waals surface area contributed by atoms with Crippen LogP contribution in [0.1, 0.15) is 52.7 Å². The molecule has 0 aliphatic heterocycles.